The predicted octanol–water partition coefficient (Wildman–Crippen LogP) is 3.45. The third-order valence-electron chi connectivity index (χ3n) is 5.21. The molecule has 2 amide bonds. The number of fused-ring (bicyclic) bond motifs is 1. The van der Waals surface area contributed by atoms with Crippen LogP contribution in [-0.2, 0) is 20.7 Å². The highest BCUT2D eigenvalue weighted by atomic mass is 16.5. The molecule has 2 heterocycles. The number of carbonyl (C=O) groups is 2. The van der Waals surface area contributed by atoms with E-state index in [4.69, 9.17) is 4.74 Å². The number of benzene rings is 2. The van der Waals surface area contributed by atoms with Crippen LogP contribution in [0.5, 0.6) is 0 Å². The summed E-state index contributed by atoms with van der Waals surface area (Å²) in [6, 6.07) is 14.1. The number of nitrogens with zero attached hydrogens (tertiary/aromatic N) is 1. The molecule has 1 saturated heterocycles. The average molecular weight is 391 g/mol. The van der Waals surface area contributed by atoms with Crippen LogP contribution < -0.4 is 15.5 Å². The fourth-order valence-electron chi connectivity index (χ4n) is 3.81. The summed E-state index contributed by atoms with van der Waals surface area (Å²) in [5.74, 6) is -0.233. The van der Waals surface area contributed by atoms with Crippen molar-refractivity contribution in [3.8, 4) is 0 Å². The number of morpholine rings is 1. The minimum Gasteiger partial charge on any atom is -0.378 e. The first-order chi connectivity index (χ1) is 14.1. The summed E-state index contributed by atoms with van der Waals surface area (Å²) in [5.41, 5.74) is 5.20. The second kappa shape index (κ2) is 8.49. The van der Waals surface area contributed by atoms with E-state index in [9.17, 15) is 9.59 Å². The van der Waals surface area contributed by atoms with Crippen molar-refractivity contribution in [1.29, 1.82) is 0 Å². The Morgan fingerprint density at radius 1 is 1.21 bits per heavy atom. The largest absolute Gasteiger partial charge is 0.378 e. The minimum absolute atomic E-state index is 0.0963. The molecule has 0 bridgehead atoms. The van der Waals surface area contributed by atoms with E-state index in [1.54, 1.807) is 0 Å². The molecule has 2 aliphatic rings. The Hall–Kier alpha value is -3.12. The van der Waals surface area contributed by atoms with Crippen LogP contribution in [0.3, 0.4) is 0 Å². The van der Waals surface area contributed by atoms with Crippen LogP contribution in [0, 0.1) is 0 Å². The number of amides is 2. The van der Waals surface area contributed by atoms with Gasteiger partial charge < -0.3 is 20.3 Å². The molecule has 150 valence electrons. The SMILES string of the molecule is CC(=O)Nc1cc2c(cc1N1CCOCC1)/C(=C\CCc1ccccc1)C(=O)N2. The van der Waals surface area contributed by atoms with Crippen molar-refractivity contribution in [2.24, 2.45) is 0 Å². The van der Waals surface area contributed by atoms with E-state index in [0.717, 1.165) is 42.9 Å². The van der Waals surface area contributed by atoms with Crippen LogP contribution in [0.25, 0.3) is 5.57 Å². The summed E-state index contributed by atoms with van der Waals surface area (Å²) < 4.78 is 5.46. The van der Waals surface area contributed by atoms with Crippen LogP contribution in [-0.4, -0.2) is 38.1 Å². The van der Waals surface area contributed by atoms with Crippen molar-refractivity contribution in [3.05, 3.63) is 59.7 Å². The van der Waals surface area contributed by atoms with Crippen LogP contribution in [0.2, 0.25) is 0 Å². The number of anilines is 3. The predicted molar refractivity (Wildman–Crippen MR) is 115 cm³/mol. The second-order valence-corrected chi connectivity index (χ2v) is 7.29. The standard InChI is InChI=1S/C23H25N3O3/c1-16(27)24-21-15-20-19(14-22(21)26-10-12-29-13-11-26)18(23(28)25-20)9-5-8-17-6-3-2-4-7-17/h2-4,6-7,9,14-15H,5,8,10-13H2,1H3,(H,24,27)(H,25,28)/b18-9+. The molecule has 2 aromatic rings. The maximum atomic E-state index is 12.6. The van der Waals surface area contributed by atoms with Crippen LogP contribution in [0.4, 0.5) is 17.1 Å². The van der Waals surface area contributed by atoms with Crippen molar-refractivity contribution in [1.82, 2.24) is 0 Å². The molecule has 2 aromatic carbocycles. The summed E-state index contributed by atoms with van der Waals surface area (Å²) in [5, 5.41) is 5.84. The Balaban J connectivity index is 1.64. The van der Waals surface area contributed by atoms with Gasteiger partial charge in [0.25, 0.3) is 5.91 Å². The number of ether oxygens (including phenoxy) is 1. The van der Waals surface area contributed by atoms with Crippen molar-refractivity contribution >= 4 is 34.4 Å². The fraction of sp³-hybridized carbons (Fsp3) is 0.304. The molecule has 6 nitrogen and oxygen atoms in total. The summed E-state index contributed by atoms with van der Waals surface area (Å²) >= 11 is 0. The molecule has 29 heavy (non-hydrogen) atoms. The summed E-state index contributed by atoms with van der Waals surface area (Å²) in [7, 11) is 0. The molecule has 0 saturated carbocycles. The number of hydrogen-bond acceptors (Lipinski definition) is 4. The molecule has 6 heteroatoms. The van der Waals surface area contributed by atoms with Crippen LogP contribution in [0.15, 0.2) is 48.5 Å². The molecule has 1 fully saturated rings. The lowest BCUT2D eigenvalue weighted by molar-refractivity contribution is -0.114. The van der Waals surface area contributed by atoms with Crippen molar-refractivity contribution in [3.63, 3.8) is 0 Å². The zero-order valence-electron chi connectivity index (χ0n) is 16.5. The van der Waals surface area contributed by atoms with Crippen LogP contribution in [0.1, 0.15) is 24.5 Å². The number of carbonyl (C=O) groups excluding carboxylic acids is 2. The highest BCUT2D eigenvalue weighted by molar-refractivity contribution is 6.32. The monoisotopic (exact) mass is 391 g/mol. The zero-order chi connectivity index (χ0) is 20.2. The van der Waals surface area contributed by atoms with Gasteiger partial charge in [-0.05, 0) is 30.5 Å². The number of allylic oxidation sites excluding steroid dienone is 1. The Labute approximate surface area is 170 Å². The highest BCUT2D eigenvalue weighted by Gasteiger charge is 2.27. The minimum atomic E-state index is -0.137. The van der Waals surface area contributed by atoms with Gasteiger partial charge in [0.1, 0.15) is 0 Å². The third kappa shape index (κ3) is 4.32. The van der Waals surface area contributed by atoms with Gasteiger partial charge in [0, 0.05) is 31.1 Å². The van der Waals surface area contributed by atoms with E-state index in [1.165, 1.54) is 12.5 Å². The van der Waals surface area contributed by atoms with Gasteiger partial charge >= 0.3 is 0 Å². The average Bonchev–Trinajstić information content (AvgIpc) is 3.03. The van der Waals surface area contributed by atoms with E-state index in [1.807, 2.05) is 36.4 Å². The number of rotatable bonds is 5. The van der Waals surface area contributed by atoms with Crippen molar-refractivity contribution in [2.75, 3.05) is 41.8 Å². The highest BCUT2D eigenvalue weighted by Crippen LogP contribution is 2.40. The molecular weight excluding hydrogens is 366 g/mol. The molecular formula is C23H25N3O3. The lowest BCUT2D eigenvalue weighted by atomic mass is 10.0. The first-order valence-corrected chi connectivity index (χ1v) is 9.96. The normalized spacial score (nSPS) is 17.2. The Morgan fingerprint density at radius 3 is 2.69 bits per heavy atom. The second-order valence-electron chi connectivity index (χ2n) is 7.29. The summed E-state index contributed by atoms with van der Waals surface area (Å²) in [6.07, 6.45) is 3.68. The first kappa shape index (κ1) is 19.2. The van der Waals surface area contributed by atoms with E-state index >= 15 is 0 Å². The van der Waals surface area contributed by atoms with E-state index in [-0.39, 0.29) is 11.8 Å². The third-order valence-corrected chi connectivity index (χ3v) is 5.21. The molecule has 4 rings (SSSR count). The van der Waals surface area contributed by atoms with Crippen molar-refractivity contribution in [2.45, 2.75) is 19.8 Å². The lowest BCUT2D eigenvalue weighted by Crippen LogP contribution is -2.36. The van der Waals surface area contributed by atoms with E-state index < -0.39 is 0 Å². The molecule has 0 spiro atoms. The molecule has 0 atom stereocenters. The van der Waals surface area contributed by atoms with Gasteiger partial charge in [-0.25, -0.2) is 0 Å². The Morgan fingerprint density at radius 2 is 1.97 bits per heavy atom. The van der Waals surface area contributed by atoms with E-state index in [2.05, 4.69) is 27.7 Å². The topological polar surface area (TPSA) is 70.7 Å². The number of nitrogens with one attached hydrogen (secondary N) is 2. The maximum Gasteiger partial charge on any atom is 0.256 e. The maximum absolute atomic E-state index is 12.6. The summed E-state index contributed by atoms with van der Waals surface area (Å²) in [4.78, 5) is 26.5. The van der Waals surface area contributed by atoms with Gasteiger partial charge in [-0.15, -0.1) is 0 Å². The molecule has 2 N–H and O–H groups in total. The first-order valence-electron chi connectivity index (χ1n) is 9.96. The number of aryl methyl sites for hydroxylation is 1. The van der Waals surface area contributed by atoms with Gasteiger partial charge in [0.05, 0.1) is 30.3 Å². The Bertz CT molecular complexity index is 947. The molecule has 2 aliphatic heterocycles. The summed E-state index contributed by atoms with van der Waals surface area (Å²) in [6.45, 7) is 4.28. The van der Waals surface area contributed by atoms with Crippen LogP contribution >= 0.6 is 0 Å². The van der Waals surface area contributed by atoms with Crippen molar-refractivity contribution < 1.29 is 14.3 Å². The van der Waals surface area contributed by atoms with Gasteiger partial charge in [-0.3, -0.25) is 9.59 Å². The smallest absolute Gasteiger partial charge is 0.256 e. The number of hydrogen-bond donors (Lipinski definition) is 2. The Kier molecular flexibility index (Phi) is 5.62. The van der Waals surface area contributed by atoms with Gasteiger partial charge in [0.15, 0.2) is 0 Å². The molecule has 0 aromatic heterocycles. The molecule has 0 radical (unpaired) electrons. The molecule has 0 unspecified atom stereocenters. The van der Waals surface area contributed by atoms with Gasteiger partial charge in [0.2, 0.25) is 5.91 Å². The lowest BCUT2D eigenvalue weighted by Gasteiger charge is -2.31. The van der Waals surface area contributed by atoms with E-state index in [0.29, 0.717) is 24.5 Å². The fourth-order valence-corrected chi connectivity index (χ4v) is 3.81. The quantitative estimate of drug-likeness (QED) is 0.766. The van der Waals surface area contributed by atoms with Gasteiger partial charge in [-0.1, -0.05) is 36.4 Å². The molecule has 0 aliphatic carbocycles. The van der Waals surface area contributed by atoms with Gasteiger partial charge in [-0.2, -0.15) is 0 Å². The zero-order valence-corrected chi connectivity index (χ0v) is 16.5.